The van der Waals surface area contributed by atoms with Crippen molar-refractivity contribution in [1.82, 2.24) is 20.2 Å². The number of benzene rings is 3. The highest BCUT2D eigenvalue weighted by atomic mass is 32.2. The molecular formula is C28H19N5S. The second-order valence-corrected chi connectivity index (χ2v) is 8.86. The Bertz CT molecular complexity index is 1600. The molecule has 0 fully saturated rings. The maximum absolute atomic E-state index is 4.55. The van der Waals surface area contributed by atoms with Crippen LogP contribution in [0.25, 0.3) is 33.1 Å². The lowest BCUT2D eigenvalue weighted by molar-refractivity contribution is 1.06. The van der Waals surface area contributed by atoms with Crippen molar-refractivity contribution in [3.8, 4) is 11.3 Å². The number of rotatable bonds is 5. The lowest BCUT2D eigenvalue weighted by Gasteiger charge is -2.12. The van der Waals surface area contributed by atoms with E-state index in [1.54, 1.807) is 18.0 Å². The van der Waals surface area contributed by atoms with Crippen molar-refractivity contribution in [2.24, 2.45) is 0 Å². The molecule has 6 heteroatoms. The Morgan fingerprint density at radius 3 is 2.26 bits per heavy atom. The molecule has 5 nitrogen and oxygen atoms in total. The fourth-order valence-electron chi connectivity index (χ4n) is 3.91. The molecule has 0 unspecified atom stereocenters. The van der Waals surface area contributed by atoms with Crippen LogP contribution in [0, 0.1) is 0 Å². The SMILES string of the molecule is c1ccc(-c2nnc(Nc3ccc(Sc4ccnc5cccnc45)cc3)c3ccccc23)cc1. The van der Waals surface area contributed by atoms with E-state index in [0.29, 0.717) is 0 Å². The van der Waals surface area contributed by atoms with Gasteiger partial charge >= 0.3 is 0 Å². The molecule has 0 aliphatic carbocycles. The van der Waals surface area contributed by atoms with Crippen LogP contribution in [0.1, 0.15) is 0 Å². The highest BCUT2D eigenvalue weighted by Gasteiger charge is 2.11. The number of nitrogens with zero attached hydrogens (tertiary/aromatic N) is 4. The van der Waals surface area contributed by atoms with E-state index in [9.17, 15) is 0 Å². The Balaban J connectivity index is 1.28. The Morgan fingerprint density at radius 2 is 1.41 bits per heavy atom. The Morgan fingerprint density at radius 1 is 0.618 bits per heavy atom. The summed E-state index contributed by atoms with van der Waals surface area (Å²) in [6, 6.07) is 32.6. The molecule has 6 aromatic rings. The van der Waals surface area contributed by atoms with E-state index in [4.69, 9.17) is 0 Å². The first-order valence-corrected chi connectivity index (χ1v) is 11.7. The lowest BCUT2D eigenvalue weighted by atomic mass is 10.0. The van der Waals surface area contributed by atoms with E-state index in [1.165, 1.54) is 0 Å². The van der Waals surface area contributed by atoms with Crippen LogP contribution in [0.15, 0.2) is 119 Å². The van der Waals surface area contributed by atoms with Gasteiger partial charge in [-0.3, -0.25) is 9.97 Å². The van der Waals surface area contributed by atoms with Gasteiger partial charge in [0.25, 0.3) is 0 Å². The van der Waals surface area contributed by atoms with Gasteiger partial charge in [0.1, 0.15) is 11.2 Å². The normalized spacial score (nSPS) is 11.1. The zero-order valence-electron chi connectivity index (χ0n) is 18.1. The third-order valence-corrected chi connectivity index (χ3v) is 6.60. The first-order valence-electron chi connectivity index (χ1n) is 10.9. The predicted molar refractivity (Wildman–Crippen MR) is 138 cm³/mol. The first kappa shape index (κ1) is 20.3. The predicted octanol–water partition coefficient (Wildman–Crippen LogP) is 7.13. The number of fused-ring (bicyclic) bond motifs is 2. The molecule has 3 aromatic heterocycles. The average molecular weight is 458 g/mol. The van der Waals surface area contributed by atoms with E-state index >= 15 is 0 Å². The maximum Gasteiger partial charge on any atom is 0.161 e. The Kier molecular flexibility index (Phi) is 5.33. The third-order valence-electron chi connectivity index (χ3n) is 5.54. The molecular weight excluding hydrogens is 438 g/mol. The maximum atomic E-state index is 4.55. The minimum Gasteiger partial charge on any atom is -0.338 e. The van der Waals surface area contributed by atoms with Crippen LogP contribution in [-0.2, 0) is 0 Å². The van der Waals surface area contributed by atoms with Gasteiger partial charge in [0.2, 0.25) is 0 Å². The van der Waals surface area contributed by atoms with Crippen molar-refractivity contribution >= 4 is 45.1 Å². The number of pyridine rings is 2. The van der Waals surface area contributed by atoms with Crippen molar-refractivity contribution in [2.45, 2.75) is 9.79 Å². The summed E-state index contributed by atoms with van der Waals surface area (Å²) in [5, 5.41) is 14.6. The zero-order valence-corrected chi connectivity index (χ0v) is 18.9. The third kappa shape index (κ3) is 3.95. The van der Waals surface area contributed by atoms with Gasteiger partial charge in [0, 0.05) is 44.2 Å². The summed E-state index contributed by atoms with van der Waals surface area (Å²) in [4.78, 5) is 11.1. The lowest BCUT2D eigenvalue weighted by Crippen LogP contribution is -1.99. The quantitative estimate of drug-likeness (QED) is 0.297. The number of anilines is 2. The molecule has 0 aliphatic rings. The van der Waals surface area contributed by atoms with Gasteiger partial charge in [0.15, 0.2) is 5.82 Å². The molecule has 1 N–H and O–H groups in total. The number of hydrogen-bond donors (Lipinski definition) is 1. The van der Waals surface area contributed by atoms with Gasteiger partial charge in [0.05, 0.1) is 5.52 Å². The summed E-state index contributed by atoms with van der Waals surface area (Å²) in [7, 11) is 0. The topological polar surface area (TPSA) is 63.6 Å². The van der Waals surface area contributed by atoms with Crippen LogP contribution in [0.4, 0.5) is 11.5 Å². The summed E-state index contributed by atoms with van der Waals surface area (Å²) in [6.07, 6.45) is 3.63. The van der Waals surface area contributed by atoms with Crippen molar-refractivity contribution in [3.05, 3.63) is 109 Å². The Labute approximate surface area is 200 Å². The van der Waals surface area contributed by atoms with Gasteiger partial charge in [-0.05, 0) is 42.5 Å². The summed E-state index contributed by atoms with van der Waals surface area (Å²) >= 11 is 1.68. The van der Waals surface area contributed by atoms with E-state index in [1.807, 2.05) is 54.7 Å². The van der Waals surface area contributed by atoms with Crippen LogP contribution in [0.2, 0.25) is 0 Å². The fourth-order valence-corrected chi connectivity index (χ4v) is 4.82. The molecule has 0 saturated carbocycles. The largest absolute Gasteiger partial charge is 0.338 e. The van der Waals surface area contributed by atoms with E-state index < -0.39 is 0 Å². The molecule has 0 bridgehead atoms. The molecule has 0 amide bonds. The van der Waals surface area contributed by atoms with Gasteiger partial charge in [-0.25, -0.2) is 0 Å². The van der Waals surface area contributed by atoms with Crippen LogP contribution >= 0.6 is 11.8 Å². The number of hydrogen-bond acceptors (Lipinski definition) is 6. The van der Waals surface area contributed by atoms with Gasteiger partial charge in [-0.15, -0.1) is 10.2 Å². The number of nitrogens with one attached hydrogen (secondary N) is 1. The van der Waals surface area contributed by atoms with E-state index in [0.717, 1.165) is 54.4 Å². The first-order chi connectivity index (χ1) is 16.8. The highest BCUT2D eigenvalue weighted by molar-refractivity contribution is 7.99. The minimum atomic E-state index is 0.736. The van der Waals surface area contributed by atoms with Crippen LogP contribution < -0.4 is 5.32 Å². The second kappa shape index (κ2) is 8.92. The summed E-state index contributed by atoms with van der Waals surface area (Å²) in [5.74, 6) is 0.736. The van der Waals surface area contributed by atoms with Crippen molar-refractivity contribution in [3.63, 3.8) is 0 Å². The Hall–Kier alpha value is -4.29. The van der Waals surface area contributed by atoms with Crippen molar-refractivity contribution in [2.75, 3.05) is 5.32 Å². The zero-order chi connectivity index (χ0) is 22.7. The smallest absolute Gasteiger partial charge is 0.161 e. The van der Waals surface area contributed by atoms with Gasteiger partial charge in [-0.1, -0.05) is 66.4 Å². The van der Waals surface area contributed by atoms with Gasteiger partial charge < -0.3 is 5.32 Å². The molecule has 34 heavy (non-hydrogen) atoms. The molecule has 162 valence electrons. The summed E-state index contributed by atoms with van der Waals surface area (Å²) in [6.45, 7) is 0. The van der Waals surface area contributed by atoms with E-state index in [2.05, 4.69) is 74.0 Å². The van der Waals surface area contributed by atoms with Crippen molar-refractivity contribution in [1.29, 1.82) is 0 Å². The van der Waals surface area contributed by atoms with E-state index in [-0.39, 0.29) is 0 Å². The van der Waals surface area contributed by atoms with Crippen LogP contribution in [0.3, 0.4) is 0 Å². The number of aromatic nitrogens is 4. The standard InChI is InChI=1S/C28H19N5S/c1-2-7-19(8-3-1)26-22-9-4-5-10-23(22)28(33-32-26)31-20-12-14-21(15-13-20)34-25-16-18-29-24-11-6-17-30-27(24)25/h1-18H,(H,31,33). The molecule has 0 atom stereocenters. The van der Waals surface area contributed by atoms with Crippen LogP contribution in [-0.4, -0.2) is 20.2 Å². The average Bonchev–Trinajstić information content (AvgIpc) is 2.91. The summed E-state index contributed by atoms with van der Waals surface area (Å²) in [5.41, 5.74) is 4.70. The molecule has 0 radical (unpaired) electrons. The molecule has 0 saturated heterocycles. The van der Waals surface area contributed by atoms with Crippen molar-refractivity contribution < 1.29 is 0 Å². The fraction of sp³-hybridized carbons (Fsp3) is 0. The molecule has 3 aromatic carbocycles. The molecule has 6 rings (SSSR count). The molecule has 0 spiro atoms. The van der Waals surface area contributed by atoms with Crippen LogP contribution in [0.5, 0.6) is 0 Å². The van der Waals surface area contributed by atoms with Gasteiger partial charge in [-0.2, -0.15) is 0 Å². The summed E-state index contributed by atoms with van der Waals surface area (Å²) < 4.78 is 0. The molecule has 0 aliphatic heterocycles. The second-order valence-electron chi connectivity index (χ2n) is 7.74. The minimum absolute atomic E-state index is 0.736. The molecule has 3 heterocycles. The monoisotopic (exact) mass is 457 g/mol. The highest BCUT2D eigenvalue weighted by Crippen LogP contribution is 2.34.